The van der Waals surface area contributed by atoms with Gasteiger partial charge in [0.2, 0.25) is 0 Å². The van der Waals surface area contributed by atoms with E-state index < -0.39 is 0 Å². The number of aryl methyl sites for hydroxylation is 1. The SMILES string of the molecule is COc1ccc(CCC(C)(C)CNC2CC2)c(Br)c1. The molecule has 2 rings (SSSR count). The Hall–Kier alpha value is -0.540. The summed E-state index contributed by atoms with van der Waals surface area (Å²) in [5.41, 5.74) is 1.71. The van der Waals surface area contributed by atoms with Gasteiger partial charge in [-0.3, -0.25) is 0 Å². The molecule has 1 aromatic carbocycles. The van der Waals surface area contributed by atoms with Gasteiger partial charge in [-0.15, -0.1) is 0 Å². The van der Waals surface area contributed by atoms with Crippen molar-refractivity contribution in [2.45, 2.75) is 45.6 Å². The Kier molecular flexibility index (Phi) is 4.91. The quantitative estimate of drug-likeness (QED) is 0.812. The van der Waals surface area contributed by atoms with E-state index >= 15 is 0 Å². The van der Waals surface area contributed by atoms with Gasteiger partial charge in [-0.2, -0.15) is 0 Å². The number of ether oxygens (including phenoxy) is 1. The number of hydrogen-bond donors (Lipinski definition) is 1. The maximum absolute atomic E-state index is 5.23. The van der Waals surface area contributed by atoms with Gasteiger partial charge in [-0.05, 0) is 48.8 Å². The third kappa shape index (κ3) is 4.81. The van der Waals surface area contributed by atoms with Crippen molar-refractivity contribution in [3.05, 3.63) is 28.2 Å². The second-order valence-corrected chi connectivity index (χ2v) is 7.13. The zero-order valence-corrected chi connectivity index (χ0v) is 13.7. The van der Waals surface area contributed by atoms with Crippen LogP contribution >= 0.6 is 15.9 Å². The summed E-state index contributed by atoms with van der Waals surface area (Å²) in [5, 5.41) is 3.63. The van der Waals surface area contributed by atoms with Crippen molar-refractivity contribution in [3.8, 4) is 5.75 Å². The summed E-state index contributed by atoms with van der Waals surface area (Å²) in [4.78, 5) is 0. The molecule has 1 aliphatic rings. The Bertz CT molecular complexity index is 427. The molecule has 2 nitrogen and oxygen atoms in total. The Labute approximate surface area is 125 Å². The van der Waals surface area contributed by atoms with Crippen LogP contribution in [0.15, 0.2) is 22.7 Å². The second kappa shape index (κ2) is 6.27. The number of methoxy groups -OCH3 is 1. The van der Waals surface area contributed by atoms with Crippen LogP contribution in [-0.2, 0) is 6.42 Å². The Morgan fingerprint density at radius 1 is 1.37 bits per heavy atom. The summed E-state index contributed by atoms with van der Waals surface area (Å²) < 4.78 is 6.38. The fourth-order valence-corrected chi connectivity index (χ4v) is 2.68. The molecule has 0 amide bonds. The van der Waals surface area contributed by atoms with Crippen LogP contribution in [0.3, 0.4) is 0 Å². The van der Waals surface area contributed by atoms with E-state index in [1.54, 1.807) is 7.11 Å². The Morgan fingerprint density at radius 2 is 2.11 bits per heavy atom. The van der Waals surface area contributed by atoms with Crippen LogP contribution in [0, 0.1) is 5.41 Å². The lowest BCUT2D eigenvalue weighted by Crippen LogP contribution is -2.31. The van der Waals surface area contributed by atoms with E-state index in [-0.39, 0.29) is 0 Å². The molecular weight excluding hydrogens is 302 g/mol. The van der Waals surface area contributed by atoms with E-state index in [0.29, 0.717) is 5.41 Å². The molecule has 1 fully saturated rings. The lowest BCUT2D eigenvalue weighted by atomic mass is 9.86. The molecule has 0 aliphatic heterocycles. The molecule has 3 heteroatoms. The molecular formula is C16H24BrNO. The topological polar surface area (TPSA) is 21.3 Å². The lowest BCUT2D eigenvalue weighted by Gasteiger charge is -2.25. The average molecular weight is 326 g/mol. The minimum absolute atomic E-state index is 0.349. The standard InChI is InChI=1S/C16H24BrNO/c1-16(2,11-18-13-5-6-13)9-8-12-4-7-14(19-3)10-15(12)17/h4,7,10,13,18H,5-6,8-9,11H2,1-3H3. The van der Waals surface area contributed by atoms with Crippen LogP contribution < -0.4 is 10.1 Å². The van der Waals surface area contributed by atoms with E-state index in [1.807, 2.05) is 12.1 Å². The smallest absolute Gasteiger partial charge is 0.120 e. The maximum Gasteiger partial charge on any atom is 0.120 e. The van der Waals surface area contributed by atoms with Gasteiger partial charge in [0.05, 0.1) is 7.11 Å². The minimum atomic E-state index is 0.349. The van der Waals surface area contributed by atoms with Gasteiger partial charge in [0.15, 0.2) is 0 Å². The van der Waals surface area contributed by atoms with E-state index in [0.717, 1.165) is 29.2 Å². The van der Waals surface area contributed by atoms with Gasteiger partial charge in [-0.25, -0.2) is 0 Å². The summed E-state index contributed by atoms with van der Waals surface area (Å²) in [6, 6.07) is 7.04. The number of rotatable bonds is 7. The van der Waals surface area contributed by atoms with Gasteiger partial charge < -0.3 is 10.1 Å². The zero-order chi connectivity index (χ0) is 13.9. The molecule has 1 aliphatic carbocycles. The van der Waals surface area contributed by atoms with Crippen molar-refractivity contribution in [1.29, 1.82) is 0 Å². The molecule has 1 saturated carbocycles. The molecule has 0 spiro atoms. The Morgan fingerprint density at radius 3 is 2.68 bits per heavy atom. The van der Waals surface area contributed by atoms with Gasteiger partial charge in [0, 0.05) is 17.1 Å². The van der Waals surface area contributed by atoms with Crippen molar-refractivity contribution in [2.75, 3.05) is 13.7 Å². The second-order valence-electron chi connectivity index (χ2n) is 6.28. The summed E-state index contributed by atoms with van der Waals surface area (Å²) in [6.07, 6.45) is 5.02. The van der Waals surface area contributed by atoms with E-state index in [4.69, 9.17) is 4.74 Å². The number of hydrogen-bond acceptors (Lipinski definition) is 2. The van der Waals surface area contributed by atoms with Gasteiger partial charge >= 0.3 is 0 Å². The molecule has 0 radical (unpaired) electrons. The lowest BCUT2D eigenvalue weighted by molar-refractivity contribution is 0.313. The molecule has 0 atom stereocenters. The van der Waals surface area contributed by atoms with Crippen LogP contribution in [0.4, 0.5) is 0 Å². The van der Waals surface area contributed by atoms with Crippen LogP contribution in [0.2, 0.25) is 0 Å². The molecule has 0 saturated heterocycles. The number of benzene rings is 1. The first kappa shape index (κ1) is 14.9. The minimum Gasteiger partial charge on any atom is -0.497 e. The molecule has 1 aromatic rings. The molecule has 106 valence electrons. The third-order valence-corrected chi connectivity index (χ3v) is 4.52. The highest BCUT2D eigenvalue weighted by molar-refractivity contribution is 9.10. The average Bonchev–Trinajstić information content (AvgIpc) is 3.19. The highest BCUT2D eigenvalue weighted by atomic mass is 79.9. The number of halogens is 1. The van der Waals surface area contributed by atoms with Crippen LogP contribution in [0.1, 0.15) is 38.7 Å². The summed E-state index contributed by atoms with van der Waals surface area (Å²) in [6.45, 7) is 5.81. The third-order valence-electron chi connectivity index (χ3n) is 3.78. The maximum atomic E-state index is 5.23. The first-order valence-corrected chi connectivity index (χ1v) is 7.85. The van der Waals surface area contributed by atoms with Crippen LogP contribution in [0.25, 0.3) is 0 Å². The zero-order valence-electron chi connectivity index (χ0n) is 12.1. The monoisotopic (exact) mass is 325 g/mol. The normalized spacial score (nSPS) is 15.6. The molecule has 19 heavy (non-hydrogen) atoms. The fourth-order valence-electron chi connectivity index (χ4n) is 2.13. The van der Waals surface area contributed by atoms with Crippen molar-refractivity contribution >= 4 is 15.9 Å². The van der Waals surface area contributed by atoms with Gasteiger partial charge in [-0.1, -0.05) is 35.8 Å². The van der Waals surface area contributed by atoms with Crippen molar-refractivity contribution in [2.24, 2.45) is 5.41 Å². The van der Waals surface area contributed by atoms with Crippen molar-refractivity contribution in [3.63, 3.8) is 0 Å². The molecule has 0 bridgehead atoms. The molecule has 0 unspecified atom stereocenters. The van der Waals surface area contributed by atoms with Crippen LogP contribution in [-0.4, -0.2) is 19.7 Å². The van der Waals surface area contributed by atoms with Gasteiger partial charge in [0.1, 0.15) is 5.75 Å². The summed E-state index contributed by atoms with van der Waals surface area (Å²) >= 11 is 3.63. The van der Waals surface area contributed by atoms with E-state index in [1.165, 1.54) is 24.8 Å². The van der Waals surface area contributed by atoms with E-state index in [2.05, 4.69) is 41.2 Å². The largest absolute Gasteiger partial charge is 0.497 e. The fraction of sp³-hybridized carbons (Fsp3) is 0.625. The highest BCUT2D eigenvalue weighted by Gasteiger charge is 2.25. The molecule has 0 aromatic heterocycles. The first-order valence-electron chi connectivity index (χ1n) is 7.06. The summed E-state index contributed by atoms with van der Waals surface area (Å²) in [5.74, 6) is 0.908. The van der Waals surface area contributed by atoms with Crippen LogP contribution in [0.5, 0.6) is 5.75 Å². The summed E-state index contributed by atoms with van der Waals surface area (Å²) in [7, 11) is 1.70. The van der Waals surface area contributed by atoms with E-state index in [9.17, 15) is 0 Å². The van der Waals surface area contributed by atoms with Crippen molar-refractivity contribution in [1.82, 2.24) is 5.32 Å². The molecule has 0 heterocycles. The first-order chi connectivity index (χ1) is 9.00. The predicted molar refractivity (Wildman–Crippen MR) is 83.8 cm³/mol. The number of nitrogens with one attached hydrogen (secondary N) is 1. The Balaban J connectivity index is 1.86. The van der Waals surface area contributed by atoms with Gasteiger partial charge in [0.25, 0.3) is 0 Å². The highest BCUT2D eigenvalue weighted by Crippen LogP contribution is 2.29. The molecule has 1 N–H and O–H groups in total. The predicted octanol–water partition coefficient (Wildman–Crippen LogP) is 4.17. The van der Waals surface area contributed by atoms with Crippen molar-refractivity contribution < 1.29 is 4.74 Å².